The summed E-state index contributed by atoms with van der Waals surface area (Å²) in [5.41, 5.74) is 0. The van der Waals surface area contributed by atoms with Crippen LogP contribution in [0.15, 0.2) is 0 Å². The third kappa shape index (κ3) is 14.8. The summed E-state index contributed by atoms with van der Waals surface area (Å²) in [7, 11) is 0. The van der Waals surface area contributed by atoms with Gasteiger partial charge in [0.05, 0.1) is 6.54 Å². The molecule has 6 heteroatoms. The van der Waals surface area contributed by atoms with Gasteiger partial charge in [0.1, 0.15) is 0 Å². The van der Waals surface area contributed by atoms with Crippen LogP contribution in [0.25, 0.3) is 0 Å². The van der Waals surface area contributed by atoms with E-state index in [0.29, 0.717) is 6.54 Å². The van der Waals surface area contributed by atoms with Gasteiger partial charge < -0.3 is 9.68 Å². The minimum absolute atomic E-state index is 0. The van der Waals surface area contributed by atoms with E-state index in [-0.39, 0.29) is 42.4 Å². The van der Waals surface area contributed by atoms with Crippen LogP contribution in [-0.4, -0.2) is 53.3 Å². The fourth-order valence-corrected chi connectivity index (χ4v) is 1.79. The summed E-state index contributed by atoms with van der Waals surface area (Å²) in [6.07, 6.45) is 7.32. The Balaban J connectivity index is 0. The third-order valence-corrected chi connectivity index (χ3v) is 3.11. The number of nitrogens with zero attached hydrogens (tertiary/aromatic N) is 1. The molecule has 0 aliphatic heterocycles. The summed E-state index contributed by atoms with van der Waals surface area (Å²) < 4.78 is 0. The molecule has 0 amide bonds. The maximum absolute atomic E-state index is 11.3. The predicted molar refractivity (Wildman–Crippen MR) is 89.2 cm³/mol. The normalized spacial score (nSPS) is 10.5. The zero-order chi connectivity index (χ0) is 16.1. The van der Waals surface area contributed by atoms with Crippen molar-refractivity contribution in [2.75, 3.05) is 6.54 Å². The van der Waals surface area contributed by atoms with Gasteiger partial charge in [-0.25, -0.2) is 0 Å². The molecule has 0 radical (unpaired) electrons. The minimum atomic E-state index is -0.393. The van der Waals surface area contributed by atoms with Crippen molar-refractivity contribution in [3.05, 3.63) is 0 Å². The first kappa shape index (κ1) is 24.2. The molecule has 0 unspecified atom stereocenters. The standard InChI is InChI=1S/C16H31NO4.Na.H/c1-5-15(18)20-17(21-16(19)6-2)13-11-9-7-8-10-12-14(3)4;;/h14H,5-13H2,1-4H3;;. The fraction of sp³-hybridized carbons (Fsp3) is 0.875. The Morgan fingerprint density at radius 2 is 1.32 bits per heavy atom. The number of rotatable bonds is 12. The van der Waals surface area contributed by atoms with E-state index >= 15 is 0 Å². The molecule has 0 saturated carbocycles. The molecule has 0 bridgehead atoms. The van der Waals surface area contributed by atoms with Crippen LogP contribution >= 0.6 is 0 Å². The van der Waals surface area contributed by atoms with E-state index in [9.17, 15) is 9.59 Å². The molecule has 0 aliphatic carbocycles. The van der Waals surface area contributed by atoms with Crippen LogP contribution in [0.1, 0.15) is 79.1 Å². The van der Waals surface area contributed by atoms with Crippen LogP contribution < -0.4 is 0 Å². The molecule has 0 saturated heterocycles. The first-order valence-corrected chi connectivity index (χ1v) is 8.18. The Morgan fingerprint density at radius 3 is 1.77 bits per heavy atom. The van der Waals surface area contributed by atoms with Gasteiger partial charge in [-0.2, -0.15) is 0 Å². The number of hydroxylamine groups is 2. The van der Waals surface area contributed by atoms with Gasteiger partial charge in [-0.05, 0) is 12.3 Å². The first-order chi connectivity index (χ1) is 9.99. The predicted octanol–water partition coefficient (Wildman–Crippen LogP) is 3.37. The molecule has 5 nitrogen and oxygen atoms in total. The van der Waals surface area contributed by atoms with Crippen LogP contribution in [0.2, 0.25) is 0 Å². The summed E-state index contributed by atoms with van der Waals surface area (Å²) in [5, 5.41) is 1.03. The van der Waals surface area contributed by atoms with Gasteiger partial charge in [0.2, 0.25) is 0 Å². The molecule has 0 aromatic carbocycles. The second kappa shape index (κ2) is 15.8. The molecule has 0 atom stereocenters. The van der Waals surface area contributed by atoms with Crippen molar-refractivity contribution in [1.29, 1.82) is 0 Å². The number of unbranched alkanes of at least 4 members (excludes halogenated alkanes) is 4. The summed E-state index contributed by atoms with van der Waals surface area (Å²) in [6.45, 7) is 8.32. The molecule has 126 valence electrons. The van der Waals surface area contributed by atoms with E-state index in [2.05, 4.69) is 13.8 Å². The van der Waals surface area contributed by atoms with Crippen LogP contribution in [0.4, 0.5) is 0 Å². The van der Waals surface area contributed by atoms with Gasteiger partial charge in [-0.1, -0.05) is 59.8 Å². The Bertz CT molecular complexity index is 280. The van der Waals surface area contributed by atoms with E-state index in [1.807, 2.05) is 0 Å². The van der Waals surface area contributed by atoms with Gasteiger partial charge in [-0.15, -0.1) is 0 Å². The van der Waals surface area contributed by atoms with Gasteiger partial charge in [-0.3, -0.25) is 9.59 Å². The SMILES string of the molecule is CCC(=O)ON(CCCCCCCC(C)C)OC(=O)CC.[NaH]. The molecule has 0 aliphatic rings. The molecule has 0 aromatic rings. The van der Waals surface area contributed by atoms with E-state index in [0.717, 1.165) is 30.4 Å². The average Bonchev–Trinajstić information content (AvgIpc) is 2.45. The van der Waals surface area contributed by atoms with Crippen molar-refractivity contribution in [2.45, 2.75) is 79.1 Å². The van der Waals surface area contributed by atoms with E-state index < -0.39 is 11.9 Å². The molecule has 0 aromatic heterocycles. The van der Waals surface area contributed by atoms with Crippen LogP contribution in [0.5, 0.6) is 0 Å². The zero-order valence-corrected chi connectivity index (χ0v) is 14.0. The first-order valence-electron chi connectivity index (χ1n) is 8.18. The van der Waals surface area contributed by atoms with E-state index in [1.165, 1.54) is 19.3 Å². The van der Waals surface area contributed by atoms with Crippen LogP contribution in [0.3, 0.4) is 0 Å². The van der Waals surface area contributed by atoms with Crippen molar-refractivity contribution in [3.63, 3.8) is 0 Å². The van der Waals surface area contributed by atoms with Crippen molar-refractivity contribution < 1.29 is 19.3 Å². The van der Waals surface area contributed by atoms with Crippen molar-refractivity contribution in [3.8, 4) is 0 Å². The van der Waals surface area contributed by atoms with Crippen molar-refractivity contribution in [2.24, 2.45) is 5.92 Å². The Morgan fingerprint density at radius 1 is 0.864 bits per heavy atom. The Labute approximate surface area is 157 Å². The molecular formula is C16H32NNaO4. The summed E-state index contributed by atoms with van der Waals surface area (Å²) >= 11 is 0. The molecule has 0 N–H and O–H groups in total. The number of carbonyl (C=O) groups is 2. The van der Waals surface area contributed by atoms with Crippen molar-refractivity contribution in [1.82, 2.24) is 5.23 Å². The van der Waals surface area contributed by atoms with E-state index in [4.69, 9.17) is 9.68 Å². The third-order valence-electron chi connectivity index (χ3n) is 3.11. The zero-order valence-electron chi connectivity index (χ0n) is 14.0. The molecule has 22 heavy (non-hydrogen) atoms. The topological polar surface area (TPSA) is 55.8 Å². The molecular weight excluding hydrogens is 293 g/mol. The molecule has 0 rings (SSSR count). The molecule has 0 heterocycles. The number of carbonyl (C=O) groups excluding carboxylic acids is 2. The second-order valence-electron chi connectivity index (χ2n) is 5.64. The monoisotopic (exact) mass is 325 g/mol. The average molecular weight is 325 g/mol. The summed E-state index contributed by atoms with van der Waals surface area (Å²) in [5.74, 6) is -0.0194. The fourth-order valence-electron chi connectivity index (χ4n) is 1.79. The quantitative estimate of drug-likeness (QED) is 0.313. The summed E-state index contributed by atoms with van der Waals surface area (Å²) in [6, 6.07) is 0. The van der Waals surface area contributed by atoms with Crippen LogP contribution in [-0.2, 0) is 19.3 Å². The maximum atomic E-state index is 11.3. The van der Waals surface area contributed by atoms with E-state index in [1.54, 1.807) is 13.8 Å². The van der Waals surface area contributed by atoms with Crippen LogP contribution in [0, 0.1) is 5.92 Å². The Kier molecular flexibility index (Phi) is 17.3. The van der Waals surface area contributed by atoms with Gasteiger partial charge in [0.25, 0.3) is 0 Å². The second-order valence-corrected chi connectivity index (χ2v) is 5.64. The van der Waals surface area contributed by atoms with Gasteiger partial charge in [0.15, 0.2) is 0 Å². The Hall–Kier alpha value is -0.100. The summed E-state index contributed by atoms with van der Waals surface area (Å²) in [4.78, 5) is 32.5. The molecule has 0 spiro atoms. The van der Waals surface area contributed by atoms with Gasteiger partial charge >= 0.3 is 41.5 Å². The molecule has 0 fully saturated rings. The number of hydrogen-bond acceptors (Lipinski definition) is 5. The number of hydrogen-bond donors (Lipinski definition) is 0. The van der Waals surface area contributed by atoms with Crippen molar-refractivity contribution >= 4 is 41.5 Å². The van der Waals surface area contributed by atoms with Gasteiger partial charge in [0, 0.05) is 18.1 Å².